The molecular formula is C29H33FN4O6. The fourth-order valence-corrected chi connectivity index (χ4v) is 4.89. The van der Waals surface area contributed by atoms with E-state index >= 15 is 4.39 Å². The zero-order valence-corrected chi connectivity index (χ0v) is 23.2. The average molecular weight is 553 g/mol. The van der Waals surface area contributed by atoms with Gasteiger partial charge in [0.25, 0.3) is 5.91 Å². The van der Waals surface area contributed by atoms with E-state index in [0.717, 1.165) is 0 Å². The van der Waals surface area contributed by atoms with Gasteiger partial charge in [-0.3, -0.25) is 9.36 Å². The molecule has 2 amide bonds. The van der Waals surface area contributed by atoms with E-state index in [1.807, 2.05) is 6.07 Å². The van der Waals surface area contributed by atoms with E-state index in [1.165, 1.54) is 22.6 Å². The van der Waals surface area contributed by atoms with Crippen LogP contribution in [-0.2, 0) is 27.7 Å². The van der Waals surface area contributed by atoms with Gasteiger partial charge in [0.2, 0.25) is 0 Å². The van der Waals surface area contributed by atoms with Crippen molar-refractivity contribution < 1.29 is 27.9 Å². The minimum Gasteiger partial charge on any atom is -0.444 e. The summed E-state index contributed by atoms with van der Waals surface area (Å²) in [6, 6.07) is 10.2. The molecule has 11 heteroatoms. The Kier molecular flexibility index (Phi) is 8.30. The van der Waals surface area contributed by atoms with Gasteiger partial charge in [-0.05, 0) is 68.5 Å². The van der Waals surface area contributed by atoms with Gasteiger partial charge in [-0.15, -0.1) is 0 Å². The van der Waals surface area contributed by atoms with Crippen LogP contribution >= 0.6 is 0 Å². The molecule has 40 heavy (non-hydrogen) atoms. The maximum Gasteiger partial charge on any atom is 0.419 e. The average Bonchev–Trinajstić information content (AvgIpc) is 3.48. The molecule has 4 rings (SSSR count). The number of fused-ring (bicyclic) bond motifs is 1. The Labute approximate surface area is 231 Å². The molecule has 2 heterocycles. The second-order valence-electron chi connectivity index (χ2n) is 10.8. The van der Waals surface area contributed by atoms with Gasteiger partial charge < -0.3 is 24.1 Å². The fourth-order valence-electron chi connectivity index (χ4n) is 4.89. The van der Waals surface area contributed by atoms with Crippen LogP contribution in [0.1, 0.15) is 39.2 Å². The van der Waals surface area contributed by atoms with Crippen molar-refractivity contribution in [2.75, 3.05) is 13.7 Å². The van der Waals surface area contributed by atoms with Gasteiger partial charge in [0, 0.05) is 27.1 Å². The van der Waals surface area contributed by atoms with Crippen molar-refractivity contribution in [3.05, 3.63) is 58.3 Å². The van der Waals surface area contributed by atoms with Crippen molar-refractivity contribution >= 4 is 23.1 Å². The molecule has 0 radical (unpaired) electrons. The van der Waals surface area contributed by atoms with Gasteiger partial charge in [0.15, 0.2) is 11.7 Å². The third-order valence-electron chi connectivity index (χ3n) is 6.86. The second-order valence-corrected chi connectivity index (χ2v) is 10.8. The summed E-state index contributed by atoms with van der Waals surface area (Å²) in [5.41, 5.74) is 1.84. The lowest BCUT2D eigenvalue weighted by Crippen LogP contribution is -2.53. The number of carbonyl (C=O) groups is 2. The van der Waals surface area contributed by atoms with Crippen molar-refractivity contribution in [1.82, 2.24) is 14.8 Å². The molecule has 1 aromatic heterocycles. The number of likely N-dealkylation sites (tertiary alicyclic amines) is 1. The summed E-state index contributed by atoms with van der Waals surface area (Å²) in [7, 11) is 2.96. The summed E-state index contributed by atoms with van der Waals surface area (Å²) in [5.74, 6) is -1.59. The Morgan fingerprint density at radius 1 is 1.23 bits per heavy atom. The largest absolute Gasteiger partial charge is 0.444 e. The number of halogens is 1. The summed E-state index contributed by atoms with van der Waals surface area (Å²) < 4.78 is 32.6. The third-order valence-corrected chi connectivity index (χ3v) is 6.86. The Morgan fingerprint density at radius 2 is 1.93 bits per heavy atom. The number of methoxy groups -OCH3 is 1. The first-order chi connectivity index (χ1) is 18.9. The molecule has 0 spiro atoms. The number of hydrogen-bond acceptors (Lipinski definition) is 7. The van der Waals surface area contributed by atoms with E-state index < -0.39 is 47.4 Å². The molecule has 0 saturated carbocycles. The number of nitrogens with one attached hydrogen (secondary N) is 1. The number of carbonyl (C=O) groups excluding carboxylic acids is 2. The molecule has 212 valence electrons. The fraction of sp³-hybridized carbons (Fsp3) is 0.448. The van der Waals surface area contributed by atoms with Crippen LogP contribution in [0.4, 0.5) is 9.18 Å². The maximum absolute atomic E-state index is 15.1. The van der Waals surface area contributed by atoms with Gasteiger partial charge in [0.05, 0.1) is 17.6 Å². The zero-order valence-electron chi connectivity index (χ0n) is 23.2. The van der Waals surface area contributed by atoms with Crippen molar-refractivity contribution in [3.63, 3.8) is 0 Å². The van der Waals surface area contributed by atoms with Crippen molar-refractivity contribution in [1.29, 1.82) is 5.26 Å². The van der Waals surface area contributed by atoms with Crippen LogP contribution in [-0.4, -0.2) is 58.9 Å². The molecular weight excluding hydrogens is 519 g/mol. The normalized spacial score (nSPS) is 16.9. The van der Waals surface area contributed by atoms with Gasteiger partial charge in [-0.2, -0.15) is 5.26 Å². The number of oxazole rings is 1. The highest BCUT2D eigenvalue weighted by atomic mass is 19.1. The van der Waals surface area contributed by atoms with E-state index in [9.17, 15) is 19.6 Å². The van der Waals surface area contributed by atoms with Crippen LogP contribution < -0.4 is 11.1 Å². The molecule has 10 nitrogen and oxygen atoms in total. The molecule has 3 atom stereocenters. The van der Waals surface area contributed by atoms with Gasteiger partial charge in [-0.25, -0.2) is 14.0 Å². The highest BCUT2D eigenvalue weighted by Gasteiger charge is 2.41. The van der Waals surface area contributed by atoms with Crippen LogP contribution in [0.25, 0.3) is 22.2 Å². The molecule has 0 aliphatic carbocycles. The quantitative estimate of drug-likeness (QED) is 0.471. The predicted octanol–water partition coefficient (Wildman–Crippen LogP) is 3.90. The number of amides is 2. The topological polar surface area (TPSA) is 127 Å². The highest BCUT2D eigenvalue weighted by molar-refractivity contribution is 5.83. The number of rotatable bonds is 7. The Morgan fingerprint density at radius 3 is 2.58 bits per heavy atom. The van der Waals surface area contributed by atoms with E-state index in [4.69, 9.17) is 13.9 Å². The summed E-state index contributed by atoms with van der Waals surface area (Å²) in [6.45, 7) is 5.72. The number of nitrogens with zero attached hydrogens (tertiary/aromatic N) is 3. The van der Waals surface area contributed by atoms with Gasteiger partial charge in [-0.1, -0.05) is 18.2 Å². The number of aryl methyl sites for hydroxylation is 1. The van der Waals surface area contributed by atoms with Crippen LogP contribution in [0.15, 0.2) is 45.6 Å². The molecule has 3 aromatic rings. The van der Waals surface area contributed by atoms with Crippen LogP contribution in [0.5, 0.6) is 0 Å². The van der Waals surface area contributed by atoms with Gasteiger partial charge in [0.1, 0.15) is 17.5 Å². The Bertz CT molecular complexity index is 1520. The molecule has 1 N–H and O–H groups in total. The second kappa shape index (κ2) is 11.5. The lowest BCUT2D eigenvalue weighted by Gasteiger charge is -2.32. The Balaban J connectivity index is 1.46. The first kappa shape index (κ1) is 28.8. The molecule has 2 aromatic carbocycles. The predicted molar refractivity (Wildman–Crippen MR) is 145 cm³/mol. The van der Waals surface area contributed by atoms with Gasteiger partial charge >= 0.3 is 11.8 Å². The number of aromatic nitrogens is 1. The summed E-state index contributed by atoms with van der Waals surface area (Å²) in [5, 5.41) is 12.4. The molecule has 1 saturated heterocycles. The number of ether oxygens (including phenoxy) is 2. The molecule has 1 aliphatic rings. The van der Waals surface area contributed by atoms with E-state index in [0.29, 0.717) is 41.6 Å². The molecule has 0 unspecified atom stereocenters. The Hall–Kier alpha value is -4.17. The van der Waals surface area contributed by atoms with Crippen molar-refractivity contribution in [3.8, 4) is 17.2 Å². The minimum atomic E-state index is -1.03. The lowest BCUT2D eigenvalue weighted by atomic mass is 9.99. The highest BCUT2D eigenvalue weighted by Crippen LogP contribution is 2.27. The molecule has 1 aliphatic heterocycles. The first-order valence-corrected chi connectivity index (χ1v) is 13.0. The number of nitriles is 1. The van der Waals surface area contributed by atoms with E-state index in [-0.39, 0.29) is 12.0 Å². The zero-order chi connectivity index (χ0) is 29.2. The molecule has 0 bridgehead atoms. The summed E-state index contributed by atoms with van der Waals surface area (Å²) in [4.78, 5) is 39.1. The van der Waals surface area contributed by atoms with Crippen LogP contribution in [0.3, 0.4) is 0 Å². The maximum atomic E-state index is 15.1. The van der Waals surface area contributed by atoms with Crippen LogP contribution in [0.2, 0.25) is 0 Å². The standard InChI is InChI=1S/C29H33FN4O6/c1-29(2,3)40-28(37)34-12-6-7-22(34)25(38-5)26(35)32-20(16-31)13-19-9-8-17(14-21(19)30)18-10-11-24-23(15-18)33(4)27(36)39-24/h8-11,14-15,20,22,25H,6-7,12-13H2,1-5H3,(H,32,35)/t20-,22-,25+/m0/s1. The summed E-state index contributed by atoms with van der Waals surface area (Å²) >= 11 is 0. The summed E-state index contributed by atoms with van der Waals surface area (Å²) in [6.07, 6.45) is -0.400. The lowest BCUT2D eigenvalue weighted by molar-refractivity contribution is -0.134. The third kappa shape index (κ3) is 6.18. The number of benzene rings is 2. The van der Waals surface area contributed by atoms with Crippen molar-refractivity contribution in [2.24, 2.45) is 7.05 Å². The van der Waals surface area contributed by atoms with E-state index in [1.54, 1.807) is 58.2 Å². The minimum absolute atomic E-state index is 0.0689. The van der Waals surface area contributed by atoms with Crippen molar-refractivity contribution in [2.45, 2.75) is 63.8 Å². The number of hydrogen-bond donors (Lipinski definition) is 1. The first-order valence-electron chi connectivity index (χ1n) is 13.0. The smallest absolute Gasteiger partial charge is 0.419 e. The van der Waals surface area contributed by atoms with Crippen LogP contribution in [0, 0.1) is 17.1 Å². The SMILES string of the molecule is CO[C@@H](C(=O)N[C@H](C#N)Cc1ccc(-c2ccc3oc(=O)n(C)c3c2)cc1F)[C@@H]1CCCN1C(=O)OC(C)(C)C. The molecule has 1 fully saturated rings. The van der Waals surface area contributed by atoms with E-state index in [2.05, 4.69) is 5.32 Å². The monoisotopic (exact) mass is 552 g/mol.